The molecule has 4 heterocycles. The van der Waals surface area contributed by atoms with Crippen LogP contribution in [0.1, 0.15) is 35.6 Å². The number of rotatable bonds is 8. The van der Waals surface area contributed by atoms with Gasteiger partial charge in [0, 0.05) is 29.0 Å². The number of aliphatic hydroxyl groups is 1. The van der Waals surface area contributed by atoms with Crippen molar-refractivity contribution in [2.45, 2.75) is 69.2 Å². The Kier molecular flexibility index (Phi) is 9.02. The number of hydrogen-bond acceptors (Lipinski definition) is 7. The second kappa shape index (κ2) is 13.6. The normalized spacial score (nSPS) is 23.6. The van der Waals surface area contributed by atoms with E-state index in [4.69, 9.17) is 9.47 Å². The van der Waals surface area contributed by atoms with E-state index >= 15 is 8.90 Å². The van der Waals surface area contributed by atoms with Crippen molar-refractivity contribution in [3.8, 4) is 11.4 Å². The molecule has 0 bridgehead atoms. The van der Waals surface area contributed by atoms with Gasteiger partial charge in [-0.15, -0.1) is 0 Å². The van der Waals surface area contributed by atoms with E-state index in [1.54, 1.807) is 60.5 Å². The first-order valence-electron chi connectivity index (χ1n) is 18.3. The number of fused-ring (bicyclic) bond motifs is 4. The van der Waals surface area contributed by atoms with Gasteiger partial charge in [0.15, 0.2) is 5.60 Å². The molecule has 1 spiro atoms. The maximum absolute atomic E-state index is 16.6. The lowest BCUT2D eigenvalue weighted by Crippen LogP contribution is -2.48. The molecule has 1 N–H and O–H groups in total. The van der Waals surface area contributed by atoms with Crippen molar-refractivity contribution in [1.29, 1.82) is 0 Å². The number of hydrogen-bond donors (Lipinski definition) is 1. The maximum atomic E-state index is 16.6. The average Bonchev–Trinajstić information content (AvgIpc) is 3.59. The third-order valence-electron chi connectivity index (χ3n) is 11.6. The minimum atomic E-state index is -3.57. The molecule has 54 heavy (non-hydrogen) atoms. The number of methoxy groups -OCH3 is 1. The zero-order valence-electron chi connectivity index (χ0n) is 30.7. The van der Waals surface area contributed by atoms with Gasteiger partial charge in [-0.1, -0.05) is 61.5 Å². The molecule has 8 rings (SSSR count). The fourth-order valence-electron chi connectivity index (χ4n) is 9.09. The predicted octanol–water partition coefficient (Wildman–Crippen LogP) is 6.05. The molecule has 1 aromatic heterocycles. The largest absolute Gasteiger partial charge is 0.497 e. The maximum Gasteiger partial charge on any atom is 0.279 e. The summed E-state index contributed by atoms with van der Waals surface area (Å²) in [6.45, 7) is 5.36. The van der Waals surface area contributed by atoms with Crippen LogP contribution in [0, 0.1) is 5.92 Å². The van der Waals surface area contributed by atoms with Crippen LogP contribution in [0.4, 0.5) is 9.80 Å². The van der Waals surface area contributed by atoms with Gasteiger partial charge >= 0.3 is 0 Å². The summed E-state index contributed by atoms with van der Waals surface area (Å²) in [4.78, 5) is 46.0. The zero-order chi connectivity index (χ0) is 37.9. The van der Waals surface area contributed by atoms with Gasteiger partial charge in [0.2, 0.25) is 14.3 Å². The zero-order valence-corrected chi connectivity index (χ0v) is 31.7. The number of carbonyl (C=O) groups excluding carboxylic acids is 2. The Labute approximate surface area is 313 Å². The Bertz CT molecular complexity index is 2340. The summed E-state index contributed by atoms with van der Waals surface area (Å²) in [6, 6.07) is 27.4. The molecule has 12 heteroatoms. The van der Waals surface area contributed by atoms with E-state index in [-0.39, 0.29) is 36.9 Å². The monoisotopic (exact) mass is 746 g/mol. The van der Waals surface area contributed by atoms with Crippen LogP contribution in [0.15, 0.2) is 102 Å². The summed E-state index contributed by atoms with van der Waals surface area (Å²) in [5, 5.41) is 16.0. The first kappa shape index (κ1) is 35.8. The van der Waals surface area contributed by atoms with Gasteiger partial charge < -0.3 is 28.5 Å². The second-order valence-corrected chi connectivity index (χ2v) is 19.0. The van der Waals surface area contributed by atoms with E-state index in [2.05, 4.69) is 5.10 Å². The van der Waals surface area contributed by atoms with Gasteiger partial charge in [-0.25, -0.2) is 0 Å². The molecule has 1 saturated heterocycles. The molecule has 2 amide bonds. The van der Waals surface area contributed by atoms with E-state index in [1.165, 1.54) is 4.68 Å². The Morgan fingerprint density at radius 3 is 2.54 bits per heavy atom. The van der Waals surface area contributed by atoms with Gasteiger partial charge in [0.1, 0.15) is 5.75 Å². The summed E-state index contributed by atoms with van der Waals surface area (Å²) < 4.78 is 30.5. The molecule has 0 unspecified atom stereocenters. The molecule has 0 radical (unpaired) electrons. The predicted molar refractivity (Wildman–Crippen MR) is 206 cm³/mol. The topological polar surface area (TPSA) is 114 Å². The number of ether oxygens (including phenoxy) is 2. The summed E-state index contributed by atoms with van der Waals surface area (Å²) in [6.07, 6.45) is 1.16. The molecule has 0 aliphatic carbocycles. The molecule has 10 nitrogen and oxygen atoms in total. The summed E-state index contributed by atoms with van der Waals surface area (Å²) >= 11 is 0. The quantitative estimate of drug-likeness (QED) is 0.152. The first-order chi connectivity index (χ1) is 25.9. The minimum absolute atomic E-state index is 0.127. The van der Waals surface area contributed by atoms with Crippen LogP contribution in [0.2, 0.25) is 18.6 Å². The van der Waals surface area contributed by atoms with Gasteiger partial charge in [-0.3, -0.25) is 14.4 Å². The van der Waals surface area contributed by atoms with Gasteiger partial charge in [0.25, 0.3) is 11.5 Å². The fourth-order valence-corrected chi connectivity index (χ4v) is 11.6. The highest BCUT2D eigenvalue weighted by Gasteiger charge is 2.67. The lowest BCUT2D eigenvalue weighted by molar-refractivity contribution is -0.151. The van der Waals surface area contributed by atoms with Crippen molar-refractivity contribution in [3.05, 3.63) is 130 Å². The Balaban J connectivity index is 1.14. The molecule has 3 aliphatic rings. The molecule has 3 aliphatic heterocycles. The highest BCUT2D eigenvalue weighted by molar-refractivity contribution is 6.72. The van der Waals surface area contributed by atoms with Crippen LogP contribution < -0.4 is 15.2 Å². The molecular weight excluding hydrogens is 704 g/mol. The van der Waals surface area contributed by atoms with Crippen LogP contribution >= 0.6 is 0 Å². The number of nitrogens with zero attached hydrogens (tertiary/aromatic N) is 4. The van der Waals surface area contributed by atoms with Crippen molar-refractivity contribution < 1.29 is 28.3 Å². The van der Waals surface area contributed by atoms with Crippen molar-refractivity contribution in [3.63, 3.8) is 0 Å². The standard InChI is InChI=1S/C42H43FN4O6Si/c1-26-39(54(3,4)43)37(21-38(49)45-24-30-13-6-5-11-28(30)19-32(45)25-48)53-42(26)35-20-33(52-2)16-17-36(35)46(41(42)51)23-27-10-9-14-31(18-27)47-40(50)34-15-8-7-12-29(34)22-44-47/h5-18,20,22,26,32,37,39,48H,19,21,23-25H2,1-4H3/t26-,32-,37+,39-,42+/m0/s1. The Morgan fingerprint density at radius 2 is 1.78 bits per heavy atom. The van der Waals surface area contributed by atoms with Crippen molar-refractivity contribution in [1.82, 2.24) is 14.7 Å². The molecule has 1 fully saturated rings. The van der Waals surface area contributed by atoms with E-state index in [0.29, 0.717) is 41.0 Å². The van der Waals surface area contributed by atoms with Crippen LogP contribution in [-0.4, -0.2) is 65.9 Å². The lowest BCUT2D eigenvalue weighted by Gasteiger charge is -2.37. The fraction of sp³-hybridized carbons (Fsp3) is 0.333. The van der Waals surface area contributed by atoms with Crippen molar-refractivity contribution >= 4 is 36.7 Å². The third kappa shape index (κ3) is 5.83. The molecule has 0 saturated carbocycles. The van der Waals surface area contributed by atoms with Gasteiger partial charge in [-0.05, 0) is 72.6 Å². The average molecular weight is 747 g/mol. The molecule has 278 valence electrons. The van der Waals surface area contributed by atoms with Gasteiger partial charge in [-0.2, -0.15) is 9.78 Å². The lowest BCUT2D eigenvalue weighted by atomic mass is 9.82. The third-order valence-corrected chi connectivity index (χ3v) is 14.1. The second-order valence-electron chi connectivity index (χ2n) is 15.2. The van der Waals surface area contributed by atoms with Crippen LogP contribution in [0.25, 0.3) is 16.5 Å². The highest BCUT2D eigenvalue weighted by atomic mass is 28.4. The van der Waals surface area contributed by atoms with E-state index in [1.807, 2.05) is 73.7 Å². The number of anilines is 1. The Morgan fingerprint density at radius 1 is 1.02 bits per heavy atom. The number of halogens is 1. The smallest absolute Gasteiger partial charge is 0.279 e. The summed E-state index contributed by atoms with van der Waals surface area (Å²) in [7, 11) is -2.02. The van der Waals surface area contributed by atoms with Crippen LogP contribution in [-0.2, 0) is 39.4 Å². The molecule has 5 aromatic rings. The molecule has 4 aromatic carbocycles. The number of carbonyl (C=O) groups is 2. The first-order valence-corrected chi connectivity index (χ1v) is 21.3. The SMILES string of the molecule is COc1ccc2c(c1)[C@@]1(O[C@H](CC(=O)N3Cc4ccccc4C[C@H]3CO)[C@@H]([Si](C)(C)F)[C@@H]1C)C(=O)N2Cc1cccc(-n2ncc3ccccc3c2=O)c1. The number of benzene rings is 4. The van der Waals surface area contributed by atoms with Crippen LogP contribution in [0.5, 0.6) is 5.75 Å². The van der Waals surface area contributed by atoms with Crippen molar-refractivity contribution in [2.24, 2.45) is 5.92 Å². The summed E-state index contributed by atoms with van der Waals surface area (Å²) in [5.41, 5.74) is 2.06. The minimum Gasteiger partial charge on any atom is -0.497 e. The summed E-state index contributed by atoms with van der Waals surface area (Å²) in [5.74, 6) is -0.688. The van der Waals surface area contributed by atoms with E-state index < -0.39 is 37.6 Å². The van der Waals surface area contributed by atoms with Crippen molar-refractivity contribution in [2.75, 3.05) is 18.6 Å². The number of aromatic nitrogens is 2. The molecular formula is C42H43FN4O6Si. The van der Waals surface area contributed by atoms with Crippen LogP contribution in [0.3, 0.4) is 0 Å². The molecule has 5 atom stereocenters. The number of amides is 2. The van der Waals surface area contributed by atoms with Gasteiger partial charge in [0.05, 0.1) is 61.8 Å². The van der Waals surface area contributed by atoms with E-state index in [9.17, 15) is 14.7 Å². The highest BCUT2D eigenvalue weighted by Crippen LogP contribution is 2.60. The Hall–Kier alpha value is -5.17. The number of aliphatic hydroxyl groups excluding tert-OH is 1. The van der Waals surface area contributed by atoms with E-state index in [0.717, 1.165) is 22.1 Å².